The molecule has 0 unspecified atom stereocenters. The Bertz CT molecular complexity index is 396. The van der Waals surface area contributed by atoms with E-state index < -0.39 is 6.09 Å². The maximum Gasteiger partial charge on any atom is 0.316 e. The standard InChI is InChI=1S/C11H17N3O3/c1-3-13(7-5-12-11(15)16)10-8-9(2)4-6-14(10)17/h4,6,8,12H,3,5,7H2,1-2H3,(H-,15,16,17). The average molecular weight is 239 g/mol. The number of pyridine rings is 1. The molecule has 0 aromatic carbocycles. The quantitative estimate of drug-likeness (QED) is 0.525. The number of aromatic nitrogens is 1. The molecule has 17 heavy (non-hydrogen) atoms. The topological polar surface area (TPSA) is 79.5 Å². The second-order valence-electron chi connectivity index (χ2n) is 3.70. The van der Waals surface area contributed by atoms with Gasteiger partial charge in [0.15, 0.2) is 0 Å². The summed E-state index contributed by atoms with van der Waals surface area (Å²) >= 11 is 0. The van der Waals surface area contributed by atoms with Crippen LogP contribution in [-0.4, -0.2) is 30.9 Å². The van der Waals surface area contributed by atoms with Crippen molar-refractivity contribution in [3.8, 4) is 0 Å². The van der Waals surface area contributed by atoms with Gasteiger partial charge >= 0.3 is 5.82 Å². The van der Waals surface area contributed by atoms with E-state index in [1.165, 1.54) is 0 Å². The molecule has 0 spiro atoms. The molecule has 94 valence electrons. The van der Waals surface area contributed by atoms with E-state index in [2.05, 4.69) is 5.32 Å². The van der Waals surface area contributed by atoms with Crippen molar-refractivity contribution < 1.29 is 19.8 Å². The molecule has 0 saturated heterocycles. The Morgan fingerprint density at radius 3 is 2.94 bits per heavy atom. The number of anilines is 1. The SMILES string of the molecule is CCN(CCNC(=O)[O-])c1cc(C)cc[n+]1O. The number of nitrogens with one attached hydrogen (secondary N) is 1. The average Bonchev–Trinajstić information content (AvgIpc) is 2.28. The van der Waals surface area contributed by atoms with Crippen LogP contribution in [0.4, 0.5) is 10.6 Å². The number of hydrogen-bond acceptors (Lipinski definition) is 4. The lowest BCUT2D eigenvalue weighted by atomic mass is 10.3. The maximum absolute atomic E-state index is 10.2. The maximum atomic E-state index is 10.2. The first-order valence-electron chi connectivity index (χ1n) is 5.46. The molecule has 0 saturated carbocycles. The van der Waals surface area contributed by atoms with Gasteiger partial charge in [-0.2, -0.15) is 0 Å². The van der Waals surface area contributed by atoms with Gasteiger partial charge in [-0.3, -0.25) is 4.90 Å². The second-order valence-corrected chi connectivity index (χ2v) is 3.70. The molecular weight excluding hydrogens is 222 g/mol. The van der Waals surface area contributed by atoms with E-state index in [0.717, 1.165) is 10.3 Å². The van der Waals surface area contributed by atoms with E-state index in [4.69, 9.17) is 0 Å². The van der Waals surface area contributed by atoms with Crippen LogP contribution in [0.2, 0.25) is 0 Å². The van der Waals surface area contributed by atoms with Crippen molar-refractivity contribution in [3.05, 3.63) is 23.9 Å². The fraction of sp³-hybridized carbons (Fsp3) is 0.455. The van der Waals surface area contributed by atoms with Crippen molar-refractivity contribution in [1.29, 1.82) is 0 Å². The number of hydrogen-bond donors (Lipinski definition) is 2. The van der Waals surface area contributed by atoms with Gasteiger partial charge in [-0.05, 0) is 25.5 Å². The smallest absolute Gasteiger partial charge is 0.316 e. The lowest BCUT2D eigenvalue weighted by Gasteiger charge is -2.16. The highest BCUT2D eigenvalue weighted by Crippen LogP contribution is 2.08. The minimum absolute atomic E-state index is 0.254. The van der Waals surface area contributed by atoms with Crippen LogP contribution in [0.5, 0.6) is 0 Å². The lowest BCUT2D eigenvalue weighted by molar-refractivity contribution is -0.894. The summed E-state index contributed by atoms with van der Waals surface area (Å²) in [6, 6.07) is 3.62. The number of nitrogens with zero attached hydrogens (tertiary/aromatic N) is 2. The van der Waals surface area contributed by atoms with E-state index >= 15 is 0 Å². The molecule has 0 aliphatic heterocycles. The highest BCUT2D eigenvalue weighted by Gasteiger charge is 2.17. The van der Waals surface area contributed by atoms with E-state index in [0.29, 0.717) is 18.9 Å². The van der Waals surface area contributed by atoms with E-state index in [-0.39, 0.29) is 6.54 Å². The molecule has 0 aliphatic carbocycles. The Morgan fingerprint density at radius 1 is 1.65 bits per heavy atom. The summed E-state index contributed by atoms with van der Waals surface area (Å²) in [5.41, 5.74) is 1.02. The third-order valence-corrected chi connectivity index (χ3v) is 2.43. The van der Waals surface area contributed by atoms with Crippen LogP contribution >= 0.6 is 0 Å². The molecule has 0 bridgehead atoms. The molecule has 1 rings (SSSR count). The predicted octanol–water partition coefficient (Wildman–Crippen LogP) is -0.721. The highest BCUT2D eigenvalue weighted by molar-refractivity contribution is 5.61. The van der Waals surface area contributed by atoms with Gasteiger partial charge in [0.2, 0.25) is 0 Å². The molecule has 0 atom stereocenters. The Balaban J connectivity index is 2.72. The zero-order valence-electron chi connectivity index (χ0n) is 10.0. The molecule has 1 aromatic heterocycles. The largest absolute Gasteiger partial charge is 0.530 e. The predicted molar refractivity (Wildman–Crippen MR) is 59.8 cm³/mol. The molecule has 6 nitrogen and oxygen atoms in total. The Hall–Kier alpha value is -1.98. The van der Waals surface area contributed by atoms with Crippen LogP contribution in [0.15, 0.2) is 18.3 Å². The molecule has 6 heteroatoms. The molecule has 1 amide bonds. The zero-order chi connectivity index (χ0) is 12.8. The van der Waals surface area contributed by atoms with Crippen molar-refractivity contribution in [2.75, 3.05) is 24.5 Å². The summed E-state index contributed by atoms with van der Waals surface area (Å²) in [5, 5.41) is 22.1. The van der Waals surface area contributed by atoms with E-state index in [9.17, 15) is 15.1 Å². The van der Waals surface area contributed by atoms with Gasteiger partial charge in [-0.25, -0.2) is 0 Å². The molecule has 1 heterocycles. The molecule has 2 N–H and O–H groups in total. The van der Waals surface area contributed by atoms with E-state index in [1.807, 2.05) is 24.8 Å². The minimum atomic E-state index is -1.29. The summed E-state index contributed by atoms with van der Waals surface area (Å²) in [7, 11) is 0. The van der Waals surface area contributed by atoms with Gasteiger partial charge in [0, 0.05) is 6.07 Å². The summed E-state index contributed by atoms with van der Waals surface area (Å²) in [5.74, 6) is 0.632. The monoisotopic (exact) mass is 239 g/mol. The van der Waals surface area contributed by atoms with Gasteiger partial charge in [-0.1, -0.05) is 4.73 Å². The number of carbonyl (C=O) groups excluding carboxylic acids is 1. The van der Waals surface area contributed by atoms with Gasteiger partial charge in [0.25, 0.3) is 0 Å². The first-order valence-corrected chi connectivity index (χ1v) is 5.46. The van der Waals surface area contributed by atoms with Gasteiger partial charge < -0.3 is 20.4 Å². The summed E-state index contributed by atoms with van der Waals surface area (Å²) < 4.78 is 1.02. The zero-order valence-corrected chi connectivity index (χ0v) is 10.0. The van der Waals surface area contributed by atoms with Crippen molar-refractivity contribution in [1.82, 2.24) is 5.32 Å². The third kappa shape index (κ3) is 3.82. The van der Waals surface area contributed by atoms with Gasteiger partial charge in [0.1, 0.15) is 18.8 Å². The fourth-order valence-electron chi connectivity index (χ4n) is 1.55. The Morgan fingerprint density at radius 2 is 2.35 bits per heavy atom. The summed E-state index contributed by atoms with van der Waals surface area (Å²) in [4.78, 5) is 12.1. The Kier molecular flexibility index (Phi) is 4.56. The third-order valence-electron chi connectivity index (χ3n) is 2.43. The normalized spacial score (nSPS) is 10.0. The van der Waals surface area contributed by atoms with Crippen LogP contribution in [0.3, 0.4) is 0 Å². The Labute approximate surface area is 100 Å². The molecule has 0 fully saturated rings. The number of carboxylic acid groups (broad SMARTS) is 1. The number of aryl methyl sites for hydroxylation is 1. The van der Waals surface area contributed by atoms with Crippen LogP contribution in [-0.2, 0) is 0 Å². The highest BCUT2D eigenvalue weighted by atomic mass is 16.5. The lowest BCUT2D eigenvalue weighted by Crippen LogP contribution is -2.45. The first kappa shape index (κ1) is 13.1. The molecule has 1 aromatic rings. The minimum Gasteiger partial charge on any atom is -0.530 e. The first-order chi connectivity index (χ1) is 8.04. The number of likely N-dealkylation sites (N-methyl/N-ethyl adjacent to an activating group) is 1. The van der Waals surface area contributed by atoms with Gasteiger partial charge in [0.05, 0.1) is 13.1 Å². The summed E-state index contributed by atoms with van der Waals surface area (Å²) in [6.45, 7) is 5.25. The van der Waals surface area contributed by atoms with Crippen molar-refractivity contribution in [2.24, 2.45) is 0 Å². The molecule has 0 radical (unpaired) electrons. The van der Waals surface area contributed by atoms with Crippen molar-refractivity contribution in [2.45, 2.75) is 13.8 Å². The fourth-order valence-corrected chi connectivity index (χ4v) is 1.55. The van der Waals surface area contributed by atoms with Crippen LogP contribution < -0.4 is 20.1 Å². The van der Waals surface area contributed by atoms with Crippen molar-refractivity contribution in [3.63, 3.8) is 0 Å². The molecule has 0 aliphatic rings. The van der Waals surface area contributed by atoms with Crippen LogP contribution in [0.25, 0.3) is 0 Å². The molecular formula is C11H17N3O3. The van der Waals surface area contributed by atoms with E-state index in [1.54, 1.807) is 12.3 Å². The second kappa shape index (κ2) is 5.93. The van der Waals surface area contributed by atoms with Crippen molar-refractivity contribution >= 4 is 11.9 Å². The number of carbonyl (C=O) groups is 1. The number of amides is 1. The van der Waals surface area contributed by atoms with Gasteiger partial charge in [-0.15, -0.1) is 0 Å². The van der Waals surface area contributed by atoms with Crippen LogP contribution in [0.1, 0.15) is 12.5 Å². The summed E-state index contributed by atoms with van der Waals surface area (Å²) in [6.07, 6.45) is 0.265. The number of rotatable bonds is 5. The van der Waals surface area contributed by atoms with Crippen LogP contribution in [0, 0.1) is 6.92 Å².